The Hall–Kier alpha value is -3.70. The van der Waals surface area contributed by atoms with Crippen molar-refractivity contribution in [2.75, 3.05) is 20.1 Å². The molecule has 5 rings (SSSR count). The van der Waals surface area contributed by atoms with E-state index in [4.69, 9.17) is 19.4 Å². The monoisotopic (exact) mass is 633 g/mol. The van der Waals surface area contributed by atoms with E-state index >= 15 is 0 Å². The third kappa shape index (κ3) is 8.76. The number of carbonyl (C=O) groups excluding carboxylic acids is 2. The van der Waals surface area contributed by atoms with Crippen LogP contribution in [0.5, 0.6) is 0 Å². The second-order valence-electron chi connectivity index (χ2n) is 14.7. The number of alkyl carbamates (subject to hydrolysis) is 2. The van der Waals surface area contributed by atoms with Crippen LogP contribution in [0, 0.1) is 5.92 Å². The fourth-order valence-corrected chi connectivity index (χ4v) is 6.59. The fourth-order valence-electron chi connectivity index (χ4n) is 6.59. The molecule has 1 aliphatic heterocycles. The lowest BCUT2D eigenvalue weighted by atomic mass is 9.91. The number of piperidine rings is 1. The Bertz CT molecular complexity index is 1480. The summed E-state index contributed by atoms with van der Waals surface area (Å²) >= 11 is 0. The number of pyridine rings is 1. The number of hydrogen-bond donors (Lipinski definition) is 2. The van der Waals surface area contributed by atoms with Gasteiger partial charge in [0.15, 0.2) is 6.29 Å². The number of imidazole rings is 1. The fraction of sp³-hybridized carbons (Fsp3) is 0.600. The molecule has 11 heteroatoms. The normalized spacial score (nSPS) is 19.2. The van der Waals surface area contributed by atoms with Crippen molar-refractivity contribution in [3.63, 3.8) is 0 Å². The van der Waals surface area contributed by atoms with E-state index in [0.717, 1.165) is 55.5 Å². The third-order valence-corrected chi connectivity index (χ3v) is 8.49. The van der Waals surface area contributed by atoms with Gasteiger partial charge in [-0.25, -0.2) is 14.6 Å². The summed E-state index contributed by atoms with van der Waals surface area (Å²) in [5.74, 6) is 1.29. The Morgan fingerprint density at radius 2 is 1.67 bits per heavy atom. The van der Waals surface area contributed by atoms with Gasteiger partial charge in [-0.05, 0) is 110 Å². The highest BCUT2D eigenvalue weighted by Gasteiger charge is 2.32. The maximum absolute atomic E-state index is 12.8. The molecule has 0 radical (unpaired) electrons. The Morgan fingerprint density at radius 1 is 0.978 bits per heavy atom. The molecule has 2 amide bonds. The van der Waals surface area contributed by atoms with Gasteiger partial charge >= 0.3 is 12.2 Å². The highest BCUT2D eigenvalue weighted by atomic mass is 16.6. The maximum Gasteiger partial charge on any atom is 0.410 e. The van der Waals surface area contributed by atoms with E-state index in [1.165, 1.54) is 11.3 Å². The van der Waals surface area contributed by atoms with Gasteiger partial charge in [-0.1, -0.05) is 18.2 Å². The minimum absolute atomic E-state index is 0.252. The summed E-state index contributed by atoms with van der Waals surface area (Å²) in [5.41, 5.74) is 3.27. The molecule has 2 N–H and O–H groups in total. The van der Waals surface area contributed by atoms with E-state index in [1.807, 2.05) is 59.9 Å². The van der Waals surface area contributed by atoms with Crippen LogP contribution in [0.25, 0.3) is 11.0 Å². The molecule has 0 spiro atoms. The van der Waals surface area contributed by atoms with Crippen LogP contribution >= 0.6 is 0 Å². The highest BCUT2D eigenvalue weighted by molar-refractivity contribution is 5.76. The zero-order valence-corrected chi connectivity index (χ0v) is 28.5. The smallest absolute Gasteiger partial charge is 0.410 e. The van der Waals surface area contributed by atoms with Crippen molar-refractivity contribution in [3.05, 3.63) is 59.7 Å². The first-order valence-electron chi connectivity index (χ1n) is 16.6. The van der Waals surface area contributed by atoms with E-state index in [2.05, 4.69) is 56.3 Å². The van der Waals surface area contributed by atoms with Gasteiger partial charge in [-0.2, -0.15) is 0 Å². The summed E-state index contributed by atoms with van der Waals surface area (Å²) in [6.07, 6.45) is 5.17. The van der Waals surface area contributed by atoms with Crippen molar-refractivity contribution in [2.24, 2.45) is 5.92 Å². The third-order valence-electron chi connectivity index (χ3n) is 8.49. The van der Waals surface area contributed by atoms with Gasteiger partial charge in [0, 0.05) is 25.8 Å². The number of aromatic nitrogens is 3. The predicted octanol–water partition coefficient (Wildman–Crippen LogP) is 5.99. The topological polar surface area (TPSA) is 114 Å². The van der Waals surface area contributed by atoms with Gasteiger partial charge in [0.1, 0.15) is 17.0 Å². The van der Waals surface area contributed by atoms with E-state index in [-0.39, 0.29) is 12.0 Å². The van der Waals surface area contributed by atoms with Crippen LogP contribution < -0.4 is 10.6 Å². The number of nitrogens with zero attached hydrogens (tertiary/aromatic N) is 5. The molecule has 46 heavy (non-hydrogen) atoms. The number of ether oxygens (including phenoxy) is 2. The van der Waals surface area contributed by atoms with Gasteiger partial charge < -0.3 is 14.0 Å². The van der Waals surface area contributed by atoms with Gasteiger partial charge in [0.25, 0.3) is 0 Å². The Kier molecular flexibility index (Phi) is 10.2. The second-order valence-corrected chi connectivity index (χ2v) is 14.7. The molecule has 2 aliphatic rings. The number of rotatable bonds is 8. The van der Waals surface area contributed by atoms with E-state index < -0.39 is 29.7 Å². The van der Waals surface area contributed by atoms with Crippen LogP contribution in [0.2, 0.25) is 0 Å². The van der Waals surface area contributed by atoms with E-state index in [0.29, 0.717) is 19.6 Å². The lowest BCUT2D eigenvalue weighted by molar-refractivity contribution is 0.0169. The van der Waals surface area contributed by atoms with E-state index in [9.17, 15) is 9.59 Å². The summed E-state index contributed by atoms with van der Waals surface area (Å²) in [5, 5.41) is 5.74. The van der Waals surface area contributed by atoms with Crippen LogP contribution in [0.4, 0.5) is 9.59 Å². The molecule has 3 heterocycles. The predicted molar refractivity (Wildman–Crippen MR) is 178 cm³/mol. The Balaban J connectivity index is 1.34. The number of benzene rings is 1. The van der Waals surface area contributed by atoms with Crippen LogP contribution in [-0.2, 0) is 29.0 Å². The molecule has 250 valence electrons. The van der Waals surface area contributed by atoms with Crippen LogP contribution in [0.3, 0.4) is 0 Å². The van der Waals surface area contributed by atoms with Crippen LogP contribution in [-0.4, -0.2) is 74.2 Å². The van der Waals surface area contributed by atoms with Crippen molar-refractivity contribution < 1.29 is 19.1 Å². The molecule has 3 aromatic rings. The van der Waals surface area contributed by atoms with Gasteiger partial charge in [-0.15, -0.1) is 0 Å². The number of hydrogen-bond acceptors (Lipinski definition) is 8. The van der Waals surface area contributed by atoms with Gasteiger partial charge in [0.05, 0.1) is 29.3 Å². The summed E-state index contributed by atoms with van der Waals surface area (Å²) < 4.78 is 13.4. The number of aryl methyl sites for hydroxylation is 1. The minimum atomic E-state index is -0.781. The molecule has 0 bridgehead atoms. The first-order valence-corrected chi connectivity index (χ1v) is 16.6. The molecule has 2 aromatic heterocycles. The minimum Gasteiger partial charge on any atom is -0.444 e. The quantitative estimate of drug-likeness (QED) is 0.291. The number of para-hydroxylation sites is 2. The van der Waals surface area contributed by atoms with E-state index in [1.54, 1.807) is 0 Å². The Morgan fingerprint density at radius 3 is 2.37 bits per heavy atom. The molecule has 1 aliphatic carbocycles. The molecular weight excluding hydrogens is 582 g/mol. The van der Waals surface area contributed by atoms with Crippen molar-refractivity contribution in [1.29, 1.82) is 0 Å². The molecule has 0 unspecified atom stereocenters. The molecule has 0 saturated carbocycles. The zero-order chi connectivity index (χ0) is 33.1. The molecule has 1 aromatic carbocycles. The number of likely N-dealkylation sites (tertiary alicyclic amines) is 1. The van der Waals surface area contributed by atoms with Crippen molar-refractivity contribution in [1.82, 2.24) is 35.0 Å². The summed E-state index contributed by atoms with van der Waals surface area (Å²) in [7, 11) is 2.18. The van der Waals surface area contributed by atoms with Crippen LogP contribution in [0.15, 0.2) is 42.6 Å². The van der Waals surface area contributed by atoms with Gasteiger partial charge in [-0.3, -0.25) is 25.4 Å². The molecule has 2 atom stereocenters. The number of carbonyl (C=O) groups is 2. The first-order chi connectivity index (χ1) is 21.8. The second kappa shape index (κ2) is 14.0. The largest absolute Gasteiger partial charge is 0.444 e. The lowest BCUT2D eigenvalue weighted by Crippen LogP contribution is -2.61. The summed E-state index contributed by atoms with van der Waals surface area (Å²) in [4.78, 5) is 40.1. The SMILES string of the molecule is CN(Cc1nc2ccccc2n1C[C@@H]1CCCN(C(NC(=O)OC(C)(C)C)NC(=O)OC(C)(C)C)C1)[C@H]1CCCc2cccnc21. The Labute approximate surface area is 273 Å². The van der Waals surface area contributed by atoms with Crippen molar-refractivity contribution in [2.45, 2.75) is 110 Å². The summed E-state index contributed by atoms with van der Waals surface area (Å²) in [6, 6.07) is 12.8. The first kappa shape index (κ1) is 33.7. The van der Waals surface area contributed by atoms with Crippen molar-refractivity contribution >= 4 is 23.2 Å². The average Bonchev–Trinajstić information content (AvgIpc) is 3.31. The van der Waals surface area contributed by atoms with Crippen LogP contribution in [0.1, 0.15) is 90.3 Å². The van der Waals surface area contributed by atoms with Crippen molar-refractivity contribution in [3.8, 4) is 0 Å². The van der Waals surface area contributed by atoms with Gasteiger partial charge in [0.2, 0.25) is 0 Å². The molecular formula is C35H51N7O4. The average molecular weight is 634 g/mol. The summed E-state index contributed by atoms with van der Waals surface area (Å²) in [6.45, 7) is 13.7. The lowest BCUT2D eigenvalue weighted by Gasteiger charge is -2.39. The maximum atomic E-state index is 12.8. The number of nitrogens with one attached hydrogen (secondary N) is 2. The number of amides is 2. The standard InChI is InChI=1S/C35H51N7O4/c1-34(2,3)45-32(43)38-31(39-33(44)46-35(4,5)6)41-20-12-13-24(21-41)22-42-27-17-9-8-16-26(27)37-29(42)23-40(7)28-18-10-14-25-15-11-19-36-30(25)28/h8-9,11,15-17,19,24,28,31H,10,12-14,18,20-23H2,1-7H3,(H,38,43)(H,39,44)/t24-,28+/m1/s1. The number of fused-ring (bicyclic) bond motifs is 2. The molecule has 1 saturated heterocycles. The molecule has 1 fully saturated rings. The highest BCUT2D eigenvalue weighted by Crippen LogP contribution is 2.33. The molecule has 11 nitrogen and oxygen atoms in total. The zero-order valence-electron chi connectivity index (χ0n) is 28.5.